The van der Waals surface area contributed by atoms with Crippen molar-refractivity contribution in [2.45, 2.75) is 40.3 Å². The van der Waals surface area contributed by atoms with E-state index in [1.807, 2.05) is 38.1 Å². The van der Waals surface area contributed by atoms with Crippen LogP contribution >= 0.6 is 0 Å². The van der Waals surface area contributed by atoms with Crippen LogP contribution in [0.1, 0.15) is 41.6 Å². The molecule has 0 radical (unpaired) electrons. The predicted octanol–water partition coefficient (Wildman–Crippen LogP) is 2.92. The van der Waals surface area contributed by atoms with Gasteiger partial charge >= 0.3 is 0 Å². The number of amides is 1. The molecule has 112 valence electrons. The third kappa shape index (κ3) is 3.42. The molecule has 0 bridgehead atoms. The molecule has 2 N–H and O–H groups in total. The van der Waals surface area contributed by atoms with Gasteiger partial charge in [-0.1, -0.05) is 12.1 Å². The Morgan fingerprint density at radius 2 is 2.10 bits per heavy atom. The summed E-state index contributed by atoms with van der Waals surface area (Å²) in [7, 11) is 0. The highest BCUT2D eigenvalue weighted by atomic mass is 16.4. The van der Waals surface area contributed by atoms with E-state index in [4.69, 9.17) is 10.2 Å². The number of anilines is 1. The number of nitrogens with two attached hydrogens (primary N) is 1. The molecule has 0 aliphatic carbocycles. The van der Waals surface area contributed by atoms with Crippen LogP contribution in [-0.4, -0.2) is 21.8 Å². The number of benzene rings is 1. The molecular weight excluding hydrogens is 266 g/mol. The molecule has 0 aliphatic rings. The van der Waals surface area contributed by atoms with Crippen molar-refractivity contribution in [1.29, 1.82) is 0 Å². The van der Waals surface area contributed by atoms with E-state index in [1.165, 1.54) is 0 Å². The minimum absolute atomic E-state index is 0.0451. The Balaban J connectivity index is 2.27. The van der Waals surface area contributed by atoms with Crippen molar-refractivity contribution in [2.24, 2.45) is 0 Å². The summed E-state index contributed by atoms with van der Waals surface area (Å²) in [6.07, 6.45) is 0. The van der Waals surface area contributed by atoms with Crippen molar-refractivity contribution in [1.82, 2.24) is 9.88 Å². The number of carbonyl (C=O) groups excluding carboxylic acids is 1. The summed E-state index contributed by atoms with van der Waals surface area (Å²) in [5.41, 5.74) is 8.10. The standard InChI is InChI=1S/C16H21N3O2/c1-10(2)19(9-13-6-5-7-14(17)8-13)16(20)15-11(3)18-12(4)21-15/h5-8,10H,9,17H2,1-4H3. The summed E-state index contributed by atoms with van der Waals surface area (Å²) >= 11 is 0. The van der Waals surface area contributed by atoms with Crippen molar-refractivity contribution < 1.29 is 9.21 Å². The van der Waals surface area contributed by atoms with Gasteiger partial charge in [0.05, 0.1) is 5.69 Å². The van der Waals surface area contributed by atoms with Crippen LogP contribution in [0.25, 0.3) is 0 Å². The molecular formula is C16H21N3O2. The number of rotatable bonds is 4. The maximum absolute atomic E-state index is 12.7. The van der Waals surface area contributed by atoms with Crippen LogP contribution in [0, 0.1) is 13.8 Å². The van der Waals surface area contributed by atoms with E-state index in [9.17, 15) is 4.79 Å². The van der Waals surface area contributed by atoms with Crippen LogP contribution in [0.15, 0.2) is 28.7 Å². The van der Waals surface area contributed by atoms with E-state index >= 15 is 0 Å². The van der Waals surface area contributed by atoms with Crippen molar-refractivity contribution in [3.05, 3.63) is 47.2 Å². The minimum atomic E-state index is -0.148. The Labute approximate surface area is 124 Å². The number of aromatic nitrogens is 1. The summed E-state index contributed by atoms with van der Waals surface area (Å²) in [6.45, 7) is 7.95. The first kappa shape index (κ1) is 15.1. The number of nitrogens with zero attached hydrogens (tertiary/aromatic N) is 2. The average molecular weight is 287 g/mol. The number of hydrogen-bond acceptors (Lipinski definition) is 4. The van der Waals surface area contributed by atoms with Gasteiger partial charge in [-0.2, -0.15) is 0 Å². The molecule has 5 heteroatoms. The van der Waals surface area contributed by atoms with E-state index in [0.29, 0.717) is 29.6 Å². The second-order valence-corrected chi connectivity index (χ2v) is 5.42. The molecule has 0 fully saturated rings. The topological polar surface area (TPSA) is 72.4 Å². The Morgan fingerprint density at radius 1 is 1.38 bits per heavy atom. The molecule has 2 aromatic rings. The molecule has 0 aliphatic heterocycles. The zero-order valence-electron chi connectivity index (χ0n) is 12.9. The van der Waals surface area contributed by atoms with Crippen molar-refractivity contribution >= 4 is 11.6 Å². The first-order valence-corrected chi connectivity index (χ1v) is 6.98. The molecule has 0 saturated heterocycles. The summed E-state index contributed by atoms with van der Waals surface area (Å²) in [4.78, 5) is 18.6. The number of oxazole rings is 1. The molecule has 0 atom stereocenters. The van der Waals surface area contributed by atoms with E-state index in [1.54, 1.807) is 18.7 Å². The van der Waals surface area contributed by atoms with Gasteiger partial charge in [-0.25, -0.2) is 4.98 Å². The largest absolute Gasteiger partial charge is 0.436 e. The SMILES string of the molecule is Cc1nc(C)c(C(=O)N(Cc2cccc(N)c2)C(C)C)o1. The van der Waals surface area contributed by atoms with Crippen LogP contribution < -0.4 is 5.73 Å². The van der Waals surface area contributed by atoms with Crippen LogP contribution in [0.5, 0.6) is 0 Å². The zero-order valence-corrected chi connectivity index (χ0v) is 12.9. The van der Waals surface area contributed by atoms with Crippen LogP contribution in [0.4, 0.5) is 5.69 Å². The maximum atomic E-state index is 12.7. The van der Waals surface area contributed by atoms with Gasteiger partial charge in [-0.3, -0.25) is 4.79 Å². The summed E-state index contributed by atoms with van der Waals surface area (Å²) in [5, 5.41) is 0. The fourth-order valence-corrected chi connectivity index (χ4v) is 2.24. The third-order valence-electron chi connectivity index (χ3n) is 3.29. The van der Waals surface area contributed by atoms with Crippen molar-refractivity contribution in [3.8, 4) is 0 Å². The van der Waals surface area contributed by atoms with Gasteiger partial charge < -0.3 is 15.1 Å². The lowest BCUT2D eigenvalue weighted by atomic mass is 10.1. The Kier molecular flexibility index (Phi) is 4.31. The molecule has 1 aromatic carbocycles. The highest BCUT2D eigenvalue weighted by molar-refractivity contribution is 5.92. The lowest BCUT2D eigenvalue weighted by Crippen LogP contribution is -2.36. The van der Waals surface area contributed by atoms with Crippen LogP contribution in [0.3, 0.4) is 0 Å². The van der Waals surface area contributed by atoms with Gasteiger partial charge in [0, 0.05) is 25.2 Å². The number of carbonyl (C=O) groups is 1. The smallest absolute Gasteiger partial charge is 0.292 e. The van der Waals surface area contributed by atoms with E-state index in [2.05, 4.69) is 4.98 Å². The predicted molar refractivity (Wildman–Crippen MR) is 81.8 cm³/mol. The second kappa shape index (κ2) is 5.99. The van der Waals surface area contributed by atoms with Gasteiger partial charge in [-0.15, -0.1) is 0 Å². The van der Waals surface area contributed by atoms with Gasteiger partial charge in [0.2, 0.25) is 5.76 Å². The molecule has 2 rings (SSSR count). The fraction of sp³-hybridized carbons (Fsp3) is 0.375. The highest BCUT2D eigenvalue weighted by Crippen LogP contribution is 2.18. The van der Waals surface area contributed by atoms with Crippen LogP contribution in [-0.2, 0) is 6.54 Å². The quantitative estimate of drug-likeness (QED) is 0.878. The lowest BCUT2D eigenvalue weighted by molar-refractivity contribution is 0.0655. The van der Waals surface area contributed by atoms with Crippen molar-refractivity contribution in [2.75, 3.05) is 5.73 Å². The zero-order chi connectivity index (χ0) is 15.6. The Hall–Kier alpha value is -2.30. The first-order chi connectivity index (χ1) is 9.88. The van der Waals surface area contributed by atoms with Gasteiger partial charge in [0.25, 0.3) is 5.91 Å². The lowest BCUT2D eigenvalue weighted by Gasteiger charge is -2.26. The number of hydrogen-bond donors (Lipinski definition) is 1. The Bertz CT molecular complexity index is 647. The number of aryl methyl sites for hydroxylation is 2. The van der Waals surface area contributed by atoms with Gasteiger partial charge in [-0.05, 0) is 38.5 Å². The van der Waals surface area contributed by atoms with Crippen LogP contribution in [0.2, 0.25) is 0 Å². The van der Waals surface area contributed by atoms with Gasteiger partial charge in [0.15, 0.2) is 5.89 Å². The van der Waals surface area contributed by atoms with E-state index in [0.717, 1.165) is 5.56 Å². The van der Waals surface area contributed by atoms with Crippen molar-refractivity contribution in [3.63, 3.8) is 0 Å². The minimum Gasteiger partial charge on any atom is -0.436 e. The molecule has 21 heavy (non-hydrogen) atoms. The molecule has 1 aromatic heterocycles. The normalized spacial score (nSPS) is 10.9. The fourth-order valence-electron chi connectivity index (χ4n) is 2.24. The average Bonchev–Trinajstić information content (AvgIpc) is 2.74. The third-order valence-corrected chi connectivity index (χ3v) is 3.29. The molecule has 0 saturated carbocycles. The molecule has 5 nitrogen and oxygen atoms in total. The first-order valence-electron chi connectivity index (χ1n) is 6.98. The van der Waals surface area contributed by atoms with E-state index in [-0.39, 0.29) is 11.9 Å². The monoisotopic (exact) mass is 287 g/mol. The summed E-state index contributed by atoms with van der Waals surface area (Å²) < 4.78 is 5.44. The Morgan fingerprint density at radius 3 is 2.62 bits per heavy atom. The molecule has 1 amide bonds. The summed E-state index contributed by atoms with van der Waals surface area (Å²) in [6, 6.07) is 7.59. The molecule has 0 unspecified atom stereocenters. The second-order valence-electron chi connectivity index (χ2n) is 5.42. The molecule has 0 spiro atoms. The number of nitrogen functional groups attached to an aromatic ring is 1. The maximum Gasteiger partial charge on any atom is 0.292 e. The molecule has 1 heterocycles. The van der Waals surface area contributed by atoms with E-state index < -0.39 is 0 Å². The summed E-state index contributed by atoms with van der Waals surface area (Å²) in [5.74, 6) is 0.666. The highest BCUT2D eigenvalue weighted by Gasteiger charge is 2.24. The van der Waals surface area contributed by atoms with Gasteiger partial charge in [0.1, 0.15) is 0 Å².